The van der Waals surface area contributed by atoms with Crippen molar-refractivity contribution in [2.24, 2.45) is 0 Å². The van der Waals surface area contributed by atoms with Crippen molar-refractivity contribution in [2.45, 2.75) is 9.79 Å². The first-order chi connectivity index (χ1) is 15.5. The van der Waals surface area contributed by atoms with Crippen molar-refractivity contribution < 1.29 is 22.7 Å². The van der Waals surface area contributed by atoms with Gasteiger partial charge in [-0.15, -0.1) is 11.8 Å². The average molecular weight is 471 g/mol. The first-order valence-electron chi connectivity index (χ1n) is 10.00. The fourth-order valence-electron chi connectivity index (χ4n) is 3.08. The minimum absolute atomic E-state index is 0.0505. The summed E-state index contributed by atoms with van der Waals surface area (Å²) in [6.45, 7) is 1.29. The Morgan fingerprint density at radius 1 is 0.906 bits per heavy atom. The Morgan fingerprint density at radius 2 is 1.69 bits per heavy atom. The number of hydrogen-bond donors (Lipinski definition) is 2. The van der Waals surface area contributed by atoms with Gasteiger partial charge in [-0.3, -0.25) is 9.52 Å². The van der Waals surface area contributed by atoms with Gasteiger partial charge in [0.25, 0.3) is 15.9 Å². The number of benzene rings is 3. The maximum Gasteiger partial charge on any atom is 0.262 e. The lowest BCUT2D eigenvalue weighted by atomic mass is 10.2. The first kappa shape index (κ1) is 22.0. The summed E-state index contributed by atoms with van der Waals surface area (Å²) in [6.07, 6.45) is 0. The molecule has 7 nitrogen and oxygen atoms in total. The van der Waals surface area contributed by atoms with E-state index in [1.165, 1.54) is 18.2 Å². The smallest absolute Gasteiger partial charge is 0.262 e. The number of carbonyl (C=O) groups is 1. The van der Waals surface area contributed by atoms with Crippen LogP contribution in [0.25, 0.3) is 0 Å². The van der Waals surface area contributed by atoms with Gasteiger partial charge in [0, 0.05) is 34.5 Å². The van der Waals surface area contributed by atoms with Crippen LogP contribution in [0.5, 0.6) is 11.5 Å². The molecule has 0 unspecified atom stereocenters. The van der Waals surface area contributed by atoms with E-state index in [-0.39, 0.29) is 10.8 Å². The number of anilines is 1. The molecular weight excluding hydrogens is 448 g/mol. The van der Waals surface area contributed by atoms with Crippen LogP contribution in [-0.4, -0.2) is 39.8 Å². The Kier molecular flexibility index (Phi) is 6.87. The van der Waals surface area contributed by atoms with Crippen LogP contribution in [0.15, 0.2) is 82.6 Å². The predicted molar refractivity (Wildman–Crippen MR) is 124 cm³/mol. The molecule has 3 aromatic rings. The second-order valence-electron chi connectivity index (χ2n) is 6.91. The number of hydrogen-bond acceptors (Lipinski definition) is 6. The van der Waals surface area contributed by atoms with Gasteiger partial charge >= 0.3 is 0 Å². The molecule has 166 valence electrons. The lowest BCUT2D eigenvalue weighted by Crippen LogP contribution is -2.25. The number of sulfonamides is 1. The van der Waals surface area contributed by atoms with Gasteiger partial charge in [0.2, 0.25) is 0 Å². The number of amides is 1. The SMILES string of the molecule is O=C(NCCSc1ccccc1)c1cccc(NS(=O)(=O)c2ccc3c(c2)OCCO3)c1. The van der Waals surface area contributed by atoms with Crippen molar-refractivity contribution in [3.05, 3.63) is 78.4 Å². The molecule has 0 atom stereocenters. The zero-order valence-corrected chi connectivity index (χ0v) is 18.7. The summed E-state index contributed by atoms with van der Waals surface area (Å²) < 4.78 is 39.0. The summed E-state index contributed by atoms with van der Waals surface area (Å²) in [5, 5.41) is 2.86. The molecule has 0 saturated heterocycles. The Balaban J connectivity index is 1.37. The van der Waals surface area contributed by atoms with Gasteiger partial charge in [0.05, 0.1) is 4.90 Å². The highest BCUT2D eigenvalue weighted by molar-refractivity contribution is 7.99. The molecule has 0 radical (unpaired) electrons. The molecule has 2 N–H and O–H groups in total. The lowest BCUT2D eigenvalue weighted by Gasteiger charge is -2.19. The first-order valence-corrected chi connectivity index (χ1v) is 12.5. The van der Waals surface area contributed by atoms with Crippen LogP contribution in [0.4, 0.5) is 5.69 Å². The Hall–Kier alpha value is -3.17. The van der Waals surface area contributed by atoms with E-state index in [0.29, 0.717) is 42.5 Å². The quantitative estimate of drug-likeness (QED) is 0.384. The van der Waals surface area contributed by atoms with Crippen LogP contribution in [0.3, 0.4) is 0 Å². The molecular formula is C23H22N2O5S2. The minimum atomic E-state index is -3.86. The topological polar surface area (TPSA) is 93.7 Å². The van der Waals surface area contributed by atoms with E-state index < -0.39 is 10.0 Å². The number of carbonyl (C=O) groups excluding carboxylic acids is 1. The normalized spacial score (nSPS) is 12.8. The summed E-state index contributed by atoms with van der Waals surface area (Å²) in [6, 6.07) is 20.8. The van der Waals surface area contributed by atoms with E-state index in [2.05, 4.69) is 10.0 Å². The van der Waals surface area contributed by atoms with Gasteiger partial charge in [-0.25, -0.2) is 8.42 Å². The summed E-state index contributed by atoms with van der Waals surface area (Å²) in [4.78, 5) is 13.7. The monoisotopic (exact) mass is 470 g/mol. The highest BCUT2D eigenvalue weighted by atomic mass is 32.2. The highest BCUT2D eigenvalue weighted by Gasteiger charge is 2.20. The molecule has 3 aromatic carbocycles. The van der Waals surface area contributed by atoms with E-state index in [1.54, 1.807) is 36.0 Å². The third kappa shape index (κ3) is 5.54. The van der Waals surface area contributed by atoms with Crippen LogP contribution in [0.2, 0.25) is 0 Å². The van der Waals surface area contributed by atoms with Crippen molar-refractivity contribution in [1.82, 2.24) is 5.32 Å². The number of nitrogens with one attached hydrogen (secondary N) is 2. The van der Waals surface area contributed by atoms with Crippen molar-refractivity contribution in [2.75, 3.05) is 30.2 Å². The third-order valence-corrected chi connectivity index (χ3v) is 6.99. The molecule has 1 aliphatic heterocycles. The van der Waals surface area contributed by atoms with Crippen LogP contribution in [0.1, 0.15) is 10.4 Å². The molecule has 0 spiro atoms. The maximum atomic E-state index is 12.8. The van der Waals surface area contributed by atoms with Gasteiger partial charge in [0.1, 0.15) is 13.2 Å². The van der Waals surface area contributed by atoms with Gasteiger partial charge in [-0.1, -0.05) is 24.3 Å². The standard InChI is InChI=1S/C23H22N2O5S2/c26-23(24-11-14-31-19-7-2-1-3-8-19)17-5-4-6-18(15-17)25-32(27,28)20-9-10-21-22(16-20)30-13-12-29-21/h1-10,15-16,25H,11-14H2,(H,24,26). The number of ether oxygens (including phenoxy) is 2. The van der Waals surface area contributed by atoms with Gasteiger partial charge in [-0.05, 0) is 42.5 Å². The van der Waals surface area contributed by atoms with Crippen molar-refractivity contribution in [3.63, 3.8) is 0 Å². The molecule has 1 aliphatic rings. The third-order valence-electron chi connectivity index (χ3n) is 4.60. The number of thioether (sulfide) groups is 1. The molecule has 1 heterocycles. The van der Waals surface area contributed by atoms with Gasteiger partial charge in [0.15, 0.2) is 11.5 Å². The number of rotatable bonds is 8. The minimum Gasteiger partial charge on any atom is -0.486 e. The van der Waals surface area contributed by atoms with Gasteiger partial charge in [-0.2, -0.15) is 0 Å². The zero-order chi connectivity index (χ0) is 22.4. The average Bonchev–Trinajstić information content (AvgIpc) is 2.82. The highest BCUT2D eigenvalue weighted by Crippen LogP contribution is 2.32. The molecule has 4 rings (SSSR count). The van der Waals surface area contributed by atoms with Crippen LogP contribution in [0, 0.1) is 0 Å². The molecule has 32 heavy (non-hydrogen) atoms. The van der Waals surface area contributed by atoms with E-state index in [4.69, 9.17) is 9.47 Å². The van der Waals surface area contributed by atoms with E-state index >= 15 is 0 Å². The van der Waals surface area contributed by atoms with Crippen LogP contribution < -0.4 is 19.5 Å². The van der Waals surface area contributed by atoms with Crippen LogP contribution >= 0.6 is 11.8 Å². The van der Waals surface area contributed by atoms with E-state index in [1.807, 2.05) is 30.3 Å². The Morgan fingerprint density at radius 3 is 2.50 bits per heavy atom. The van der Waals surface area contributed by atoms with Crippen molar-refractivity contribution >= 4 is 33.4 Å². The Labute approximate surface area is 191 Å². The molecule has 1 amide bonds. The summed E-state index contributed by atoms with van der Waals surface area (Å²) in [5.74, 6) is 1.37. The second kappa shape index (κ2) is 9.97. The summed E-state index contributed by atoms with van der Waals surface area (Å²) in [7, 11) is -3.86. The maximum absolute atomic E-state index is 12.8. The molecule has 0 bridgehead atoms. The largest absolute Gasteiger partial charge is 0.486 e. The van der Waals surface area contributed by atoms with E-state index in [0.717, 1.165) is 10.6 Å². The lowest BCUT2D eigenvalue weighted by molar-refractivity contribution is 0.0956. The molecule has 0 fully saturated rings. The molecule has 9 heteroatoms. The van der Waals surface area contributed by atoms with Crippen molar-refractivity contribution in [3.8, 4) is 11.5 Å². The molecule has 0 aliphatic carbocycles. The number of fused-ring (bicyclic) bond motifs is 1. The fourth-order valence-corrected chi connectivity index (χ4v) is 4.93. The summed E-state index contributed by atoms with van der Waals surface area (Å²) in [5.41, 5.74) is 0.670. The fraction of sp³-hybridized carbons (Fsp3) is 0.174. The predicted octanol–water partition coefficient (Wildman–Crippen LogP) is 3.78. The van der Waals surface area contributed by atoms with Crippen LogP contribution in [-0.2, 0) is 10.0 Å². The zero-order valence-electron chi connectivity index (χ0n) is 17.1. The van der Waals surface area contributed by atoms with Gasteiger partial charge < -0.3 is 14.8 Å². The molecule has 0 aromatic heterocycles. The molecule has 0 saturated carbocycles. The Bertz CT molecular complexity index is 1200. The van der Waals surface area contributed by atoms with E-state index in [9.17, 15) is 13.2 Å². The summed E-state index contributed by atoms with van der Waals surface area (Å²) >= 11 is 1.65. The van der Waals surface area contributed by atoms with Crippen molar-refractivity contribution in [1.29, 1.82) is 0 Å². The second-order valence-corrected chi connectivity index (χ2v) is 9.76.